The molecule has 1 aromatic heterocycles. The second kappa shape index (κ2) is 5.95. The van der Waals surface area contributed by atoms with Gasteiger partial charge < -0.3 is 0 Å². The number of hydrazone groups is 1. The van der Waals surface area contributed by atoms with E-state index in [2.05, 4.69) is 5.10 Å². The molecule has 1 aliphatic heterocycles. The second-order valence-corrected chi connectivity index (χ2v) is 7.43. The predicted octanol–water partition coefficient (Wildman–Crippen LogP) is 3.74. The minimum Gasteiger partial charge on any atom is -0.291 e. The van der Waals surface area contributed by atoms with Gasteiger partial charge >= 0.3 is 0 Å². The zero-order valence-electron chi connectivity index (χ0n) is 13.2. The fourth-order valence-electron chi connectivity index (χ4n) is 3.66. The average molecular weight is 318 g/mol. The Hall–Kier alpha value is -1.49. The van der Waals surface area contributed by atoms with Crippen LogP contribution >= 0.6 is 11.3 Å². The molecule has 1 amide bonds. The molecule has 0 radical (unpaired) electrons. The van der Waals surface area contributed by atoms with E-state index in [1.807, 2.05) is 25.3 Å². The highest BCUT2D eigenvalue weighted by molar-refractivity contribution is 7.12. The third-order valence-corrected chi connectivity index (χ3v) is 6.12. The Labute approximate surface area is 135 Å². The van der Waals surface area contributed by atoms with E-state index >= 15 is 0 Å². The highest BCUT2D eigenvalue weighted by Crippen LogP contribution is 2.43. The number of amides is 1. The van der Waals surface area contributed by atoms with Crippen LogP contribution in [0.3, 0.4) is 0 Å². The Balaban J connectivity index is 1.76. The maximum Gasteiger partial charge on any atom is 0.255 e. The van der Waals surface area contributed by atoms with Crippen molar-refractivity contribution in [3.05, 3.63) is 22.4 Å². The van der Waals surface area contributed by atoms with Gasteiger partial charge in [-0.1, -0.05) is 25.3 Å². The largest absolute Gasteiger partial charge is 0.291 e. The molecule has 1 aliphatic carbocycles. The van der Waals surface area contributed by atoms with Crippen LogP contribution < -0.4 is 0 Å². The van der Waals surface area contributed by atoms with Crippen LogP contribution in [-0.2, 0) is 4.79 Å². The second-order valence-electron chi connectivity index (χ2n) is 6.49. The zero-order valence-corrected chi connectivity index (χ0v) is 14.0. The van der Waals surface area contributed by atoms with E-state index in [9.17, 15) is 9.59 Å². The van der Waals surface area contributed by atoms with Crippen molar-refractivity contribution in [1.29, 1.82) is 0 Å². The molecule has 0 N–H and O–H groups in total. The van der Waals surface area contributed by atoms with E-state index in [0.717, 1.165) is 18.6 Å². The third kappa shape index (κ3) is 2.51. The first kappa shape index (κ1) is 15.4. The normalized spacial score (nSPS) is 26.4. The van der Waals surface area contributed by atoms with Crippen molar-refractivity contribution in [2.75, 3.05) is 6.54 Å². The summed E-state index contributed by atoms with van der Waals surface area (Å²) in [7, 11) is 0. The summed E-state index contributed by atoms with van der Waals surface area (Å²) in [6.07, 6.45) is 5.81. The maximum absolute atomic E-state index is 12.9. The molecule has 118 valence electrons. The van der Waals surface area contributed by atoms with Crippen LogP contribution in [-0.4, -0.2) is 29.0 Å². The first-order valence-electron chi connectivity index (χ1n) is 7.98. The smallest absolute Gasteiger partial charge is 0.255 e. The quantitative estimate of drug-likeness (QED) is 0.794. The van der Waals surface area contributed by atoms with Crippen LogP contribution in [0.5, 0.6) is 0 Å². The van der Waals surface area contributed by atoms with Crippen molar-refractivity contribution in [3.63, 3.8) is 0 Å². The molecule has 0 aromatic carbocycles. The van der Waals surface area contributed by atoms with Crippen LogP contribution in [0.25, 0.3) is 0 Å². The lowest BCUT2D eigenvalue weighted by molar-refractivity contribution is -0.137. The average Bonchev–Trinajstić information content (AvgIpc) is 3.13. The van der Waals surface area contributed by atoms with E-state index in [1.165, 1.54) is 35.6 Å². The fraction of sp³-hybridized carbons (Fsp3) is 0.588. The van der Waals surface area contributed by atoms with E-state index in [0.29, 0.717) is 10.8 Å². The van der Waals surface area contributed by atoms with Gasteiger partial charge in [-0.15, -0.1) is 11.3 Å². The molecule has 4 nitrogen and oxygen atoms in total. The molecule has 5 heteroatoms. The lowest BCUT2D eigenvalue weighted by Crippen LogP contribution is -2.44. The number of thiophene rings is 1. The van der Waals surface area contributed by atoms with Crippen molar-refractivity contribution in [1.82, 2.24) is 5.01 Å². The Kier molecular flexibility index (Phi) is 4.17. The summed E-state index contributed by atoms with van der Waals surface area (Å²) in [5.41, 5.74) is 0.347. The van der Waals surface area contributed by atoms with E-state index < -0.39 is 5.41 Å². The molecule has 2 heterocycles. The Morgan fingerprint density at radius 3 is 2.77 bits per heavy atom. The van der Waals surface area contributed by atoms with E-state index in [1.54, 1.807) is 6.07 Å². The lowest BCUT2D eigenvalue weighted by atomic mass is 9.67. The summed E-state index contributed by atoms with van der Waals surface area (Å²) in [5, 5.41) is 7.70. The van der Waals surface area contributed by atoms with Crippen molar-refractivity contribution < 1.29 is 9.59 Å². The third-order valence-electron chi connectivity index (χ3n) is 5.21. The molecule has 0 spiro atoms. The molecule has 2 aliphatic rings. The topological polar surface area (TPSA) is 49.7 Å². The predicted molar refractivity (Wildman–Crippen MR) is 88.2 cm³/mol. The first-order chi connectivity index (χ1) is 10.5. The van der Waals surface area contributed by atoms with E-state index in [4.69, 9.17) is 0 Å². The number of hydrogen-bond acceptors (Lipinski definition) is 4. The minimum atomic E-state index is -0.518. The summed E-state index contributed by atoms with van der Waals surface area (Å²) in [4.78, 5) is 25.8. The minimum absolute atomic E-state index is 0.00167. The molecule has 3 rings (SSSR count). The van der Waals surface area contributed by atoms with Gasteiger partial charge in [-0.2, -0.15) is 5.10 Å². The molecule has 22 heavy (non-hydrogen) atoms. The Morgan fingerprint density at radius 1 is 1.41 bits per heavy atom. The molecule has 1 saturated carbocycles. The summed E-state index contributed by atoms with van der Waals surface area (Å²) >= 11 is 1.41. The highest BCUT2D eigenvalue weighted by Gasteiger charge is 2.50. The molecular weight excluding hydrogens is 296 g/mol. The number of ketones is 1. The Morgan fingerprint density at radius 2 is 2.14 bits per heavy atom. The summed E-state index contributed by atoms with van der Waals surface area (Å²) < 4.78 is 0. The Bertz CT molecular complexity index is 602. The summed E-state index contributed by atoms with van der Waals surface area (Å²) in [6, 6.07) is 3.65. The molecule has 0 bridgehead atoms. The molecule has 1 fully saturated rings. The fourth-order valence-corrected chi connectivity index (χ4v) is 4.32. The molecule has 0 saturated heterocycles. The van der Waals surface area contributed by atoms with Gasteiger partial charge in [0, 0.05) is 0 Å². The molecule has 1 aromatic rings. The number of rotatable bonds is 4. The summed E-state index contributed by atoms with van der Waals surface area (Å²) in [5.74, 6) is 0.328. The number of carbonyl (C=O) groups excluding carboxylic acids is 2. The van der Waals surface area contributed by atoms with Gasteiger partial charge in [0.25, 0.3) is 5.91 Å². The van der Waals surface area contributed by atoms with Gasteiger partial charge in [0.2, 0.25) is 0 Å². The van der Waals surface area contributed by atoms with E-state index in [-0.39, 0.29) is 18.2 Å². The van der Waals surface area contributed by atoms with Crippen molar-refractivity contribution >= 4 is 28.7 Å². The summed E-state index contributed by atoms with van der Waals surface area (Å²) in [6.45, 7) is 4.00. The number of nitrogens with zero attached hydrogens (tertiary/aromatic N) is 2. The van der Waals surface area contributed by atoms with Crippen molar-refractivity contribution in [2.24, 2.45) is 16.4 Å². The van der Waals surface area contributed by atoms with Crippen LogP contribution in [0.4, 0.5) is 0 Å². The van der Waals surface area contributed by atoms with Crippen LogP contribution in [0.15, 0.2) is 22.6 Å². The molecule has 1 unspecified atom stereocenters. The lowest BCUT2D eigenvalue weighted by Gasteiger charge is -2.35. The van der Waals surface area contributed by atoms with Gasteiger partial charge in [-0.25, -0.2) is 5.01 Å². The number of Topliss-reactive ketones (excluding diaryl/α,β-unsaturated/α-hetero) is 1. The SMILES string of the molecule is CC1=NN(CC(=O)c2cccs2)C(=O)C1(C)C1CCCCC1. The van der Waals surface area contributed by atoms with Crippen molar-refractivity contribution in [2.45, 2.75) is 46.0 Å². The van der Waals surface area contributed by atoms with Crippen molar-refractivity contribution in [3.8, 4) is 0 Å². The highest BCUT2D eigenvalue weighted by atomic mass is 32.1. The molecular formula is C17H22N2O2S. The maximum atomic E-state index is 12.9. The van der Waals surface area contributed by atoms with Gasteiger partial charge in [-0.05, 0) is 44.1 Å². The monoisotopic (exact) mass is 318 g/mol. The van der Waals surface area contributed by atoms with Crippen LogP contribution in [0, 0.1) is 11.3 Å². The number of hydrogen-bond donors (Lipinski definition) is 0. The standard InChI is InChI=1S/C17H22N2O2S/c1-12-17(2,13-7-4-3-5-8-13)16(21)19(18-12)11-14(20)15-9-6-10-22-15/h6,9-10,13H,3-5,7-8,11H2,1-2H3. The van der Waals surface area contributed by atoms with Crippen LogP contribution in [0.1, 0.15) is 55.6 Å². The first-order valence-corrected chi connectivity index (χ1v) is 8.86. The van der Waals surface area contributed by atoms with Gasteiger partial charge in [0.15, 0.2) is 5.78 Å². The zero-order chi connectivity index (χ0) is 15.7. The van der Waals surface area contributed by atoms with Crippen LogP contribution in [0.2, 0.25) is 0 Å². The van der Waals surface area contributed by atoms with Gasteiger partial charge in [-0.3, -0.25) is 9.59 Å². The molecule has 1 atom stereocenters. The van der Waals surface area contributed by atoms with Gasteiger partial charge in [0.1, 0.15) is 6.54 Å². The van der Waals surface area contributed by atoms with Gasteiger partial charge in [0.05, 0.1) is 16.0 Å². The number of carbonyl (C=O) groups is 2.